The lowest BCUT2D eigenvalue weighted by Gasteiger charge is -2.08. The van der Waals surface area contributed by atoms with Gasteiger partial charge in [-0.25, -0.2) is 4.98 Å². The topological polar surface area (TPSA) is 56.2 Å². The number of carbonyl (C=O) groups excluding carboxylic acids is 1. The van der Waals surface area contributed by atoms with Crippen molar-refractivity contribution in [3.8, 4) is 17.0 Å². The molecule has 2 aromatic carbocycles. The van der Waals surface area contributed by atoms with Crippen molar-refractivity contribution in [3.63, 3.8) is 0 Å². The average molecular weight is 406 g/mol. The van der Waals surface area contributed by atoms with Crippen LogP contribution in [0.15, 0.2) is 48.5 Å². The molecule has 0 atom stereocenters. The third kappa shape index (κ3) is 3.40. The quantitative estimate of drug-likeness (QED) is 0.466. The van der Waals surface area contributed by atoms with E-state index in [1.54, 1.807) is 7.11 Å². The van der Waals surface area contributed by atoms with Gasteiger partial charge in [-0.2, -0.15) is 0 Å². The Morgan fingerprint density at radius 3 is 2.55 bits per heavy atom. The first-order valence-corrected chi connectivity index (χ1v) is 10.4. The fourth-order valence-corrected chi connectivity index (χ4v) is 4.55. The van der Waals surface area contributed by atoms with Gasteiger partial charge in [-0.3, -0.25) is 10.1 Å². The molecular weight excluding hydrogens is 382 g/mol. The number of thiazole rings is 1. The van der Waals surface area contributed by atoms with Crippen molar-refractivity contribution in [2.45, 2.75) is 27.3 Å². The van der Waals surface area contributed by atoms with Crippen LogP contribution < -0.4 is 10.1 Å². The Bertz CT molecular complexity index is 1190. The van der Waals surface area contributed by atoms with Crippen molar-refractivity contribution in [2.24, 2.45) is 0 Å². The lowest BCUT2D eigenvalue weighted by Crippen LogP contribution is -2.17. The molecule has 0 aliphatic heterocycles. The Labute approximate surface area is 174 Å². The summed E-state index contributed by atoms with van der Waals surface area (Å²) in [6, 6.07) is 15.9. The number of aryl methyl sites for hydroxylation is 3. The van der Waals surface area contributed by atoms with E-state index in [-0.39, 0.29) is 5.91 Å². The van der Waals surface area contributed by atoms with Gasteiger partial charge in [0, 0.05) is 27.9 Å². The third-order valence-corrected chi connectivity index (χ3v) is 6.02. The first-order chi connectivity index (χ1) is 14.0. The van der Waals surface area contributed by atoms with Crippen molar-refractivity contribution in [2.75, 3.05) is 12.4 Å². The molecule has 0 spiro atoms. The second-order valence-electron chi connectivity index (χ2n) is 6.84. The van der Waals surface area contributed by atoms with Crippen molar-refractivity contribution in [3.05, 3.63) is 64.7 Å². The van der Waals surface area contributed by atoms with Gasteiger partial charge in [0.25, 0.3) is 5.91 Å². The summed E-state index contributed by atoms with van der Waals surface area (Å²) >= 11 is 1.48. The number of carbonyl (C=O) groups is 1. The van der Waals surface area contributed by atoms with Crippen LogP contribution in [-0.4, -0.2) is 22.6 Å². The molecule has 0 saturated heterocycles. The van der Waals surface area contributed by atoms with E-state index in [0.717, 1.165) is 44.9 Å². The highest BCUT2D eigenvalue weighted by molar-refractivity contribution is 7.16. The van der Waals surface area contributed by atoms with E-state index in [0.29, 0.717) is 10.8 Å². The molecule has 2 heterocycles. The van der Waals surface area contributed by atoms with E-state index in [1.165, 1.54) is 11.3 Å². The SMILES string of the molecule is CCn1c(C(=O)Nc2nc(-c3ccc(OC)cc3)c(C)s2)c(C)c2ccccc21. The second-order valence-corrected chi connectivity index (χ2v) is 8.04. The van der Waals surface area contributed by atoms with Crippen LogP contribution >= 0.6 is 11.3 Å². The summed E-state index contributed by atoms with van der Waals surface area (Å²) in [5, 5.41) is 4.72. The van der Waals surface area contributed by atoms with Crippen LogP contribution in [0, 0.1) is 13.8 Å². The summed E-state index contributed by atoms with van der Waals surface area (Å²) in [6.45, 7) is 6.80. The fraction of sp³-hybridized carbons (Fsp3) is 0.217. The van der Waals surface area contributed by atoms with Gasteiger partial charge in [0.2, 0.25) is 0 Å². The first-order valence-electron chi connectivity index (χ1n) is 9.54. The van der Waals surface area contributed by atoms with Crippen LogP contribution in [0.25, 0.3) is 22.2 Å². The number of hydrogen-bond acceptors (Lipinski definition) is 4. The summed E-state index contributed by atoms with van der Waals surface area (Å²) in [6.07, 6.45) is 0. The van der Waals surface area contributed by atoms with E-state index in [4.69, 9.17) is 4.74 Å². The van der Waals surface area contributed by atoms with Crippen LogP contribution in [0.2, 0.25) is 0 Å². The Morgan fingerprint density at radius 2 is 1.86 bits per heavy atom. The third-order valence-electron chi connectivity index (χ3n) is 5.14. The molecule has 1 amide bonds. The molecule has 0 unspecified atom stereocenters. The molecule has 5 nitrogen and oxygen atoms in total. The van der Waals surface area contributed by atoms with E-state index in [2.05, 4.69) is 33.9 Å². The lowest BCUT2D eigenvalue weighted by molar-refractivity contribution is 0.101. The number of fused-ring (bicyclic) bond motifs is 1. The van der Waals surface area contributed by atoms with Gasteiger partial charge in [0.15, 0.2) is 5.13 Å². The first kappa shape index (κ1) is 19.2. The summed E-state index contributed by atoms with van der Waals surface area (Å²) in [5.74, 6) is 0.675. The lowest BCUT2D eigenvalue weighted by atomic mass is 10.1. The minimum Gasteiger partial charge on any atom is -0.497 e. The van der Waals surface area contributed by atoms with Crippen LogP contribution in [0.3, 0.4) is 0 Å². The second kappa shape index (κ2) is 7.72. The van der Waals surface area contributed by atoms with Gasteiger partial charge in [-0.1, -0.05) is 18.2 Å². The van der Waals surface area contributed by atoms with Crippen LogP contribution in [0.4, 0.5) is 5.13 Å². The predicted molar refractivity (Wildman–Crippen MR) is 119 cm³/mol. The molecule has 0 aliphatic carbocycles. The van der Waals surface area contributed by atoms with Gasteiger partial charge in [0.1, 0.15) is 11.4 Å². The molecule has 6 heteroatoms. The fourth-order valence-electron chi connectivity index (χ4n) is 3.72. The normalized spacial score (nSPS) is 11.0. The highest BCUT2D eigenvalue weighted by Crippen LogP contribution is 2.32. The highest BCUT2D eigenvalue weighted by Gasteiger charge is 2.21. The maximum Gasteiger partial charge on any atom is 0.274 e. The number of anilines is 1. The van der Waals surface area contributed by atoms with Gasteiger partial charge in [-0.15, -0.1) is 11.3 Å². The van der Waals surface area contributed by atoms with Crippen molar-refractivity contribution < 1.29 is 9.53 Å². The number of ether oxygens (including phenoxy) is 1. The number of amides is 1. The maximum absolute atomic E-state index is 13.1. The number of methoxy groups -OCH3 is 1. The summed E-state index contributed by atoms with van der Waals surface area (Å²) in [7, 11) is 1.65. The molecule has 0 saturated carbocycles. The molecule has 0 bridgehead atoms. The largest absolute Gasteiger partial charge is 0.497 e. The zero-order valence-electron chi connectivity index (χ0n) is 16.9. The zero-order chi connectivity index (χ0) is 20.5. The smallest absolute Gasteiger partial charge is 0.274 e. The Hall–Kier alpha value is -3.12. The number of hydrogen-bond donors (Lipinski definition) is 1. The average Bonchev–Trinajstić information content (AvgIpc) is 3.25. The van der Waals surface area contributed by atoms with E-state index >= 15 is 0 Å². The number of nitrogens with zero attached hydrogens (tertiary/aromatic N) is 2. The molecular formula is C23H23N3O2S. The van der Waals surface area contributed by atoms with Gasteiger partial charge >= 0.3 is 0 Å². The number of rotatable bonds is 5. The number of benzene rings is 2. The predicted octanol–water partition coefficient (Wildman–Crippen LogP) is 5.66. The molecule has 0 radical (unpaired) electrons. The van der Waals surface area contributed by atoms with Crippen molar-refractivity contribution in [1.82, 2.24) is 9.55 Å². The standard InChI is InChI=1S/C23H23N3O2S/c1-5-26-19-9-7-6-8-18(19)14(2)21(26)22(27)25-23-24-20(15(3)29-23)16-10-12-17(28-4)13-11-16/h6-13H,5H2,1-4H3,(H,24,25,27). The van der Waals surface area contributed by atoms with Crippen LogP contribution in [-0.2, 0) is 6.54 Å². The Balaban J connectivity index is 1.66. The molecule has 4 aromatic rings. The highest BCUT2D eigenvalue weighted by atomic mass is 32.1. The van der Waals surface area contributed by atoms with Crippen molar-refractivity contribution in [1.29, 1.82) is 0 Å². The van der Waals surface area contributed by atoms with E-state index < -0.39 is 0 Å². The van der Waals surface area contributed by atoms with E-state index in [9.17, 15) is 4.79 Å². The molecule has 29 heavy (non-hydrogen) atoms. The minimum absolute atomic E-state index is 0.129. The van der Waals surface area contributed by atoms with Crippen LogP contribution in [0.5, 0.6) is 5.75 Å². The van der Waals surface area contributed by atoms with Crippen LogP contribution in [0.1, 0.15) is 27.9 Å². The van der Waals surface area contributed by atoms with Crippen molar-refractivity contribution >= 4 is 33.3 Å². The molecule has 2 aromatic heterocycles. The number of aromatic nitrogens is 2. The van der Waals surface area contributed by atoms with Gasteiger partial charge in [-0.05, 0) is 56.7 Å². The number of nitrogens with one attached hydrogen (secondary N) is 1. The summed E-state index contributed by atoms with van der Waals surface area (Å²) in [4.78, 5) is 18.9. The molecule has 148 valence electrons. The monoisotopic (exact) mass is 405 g/mol. The molecule has 0 fully saturated rings. The zero-order valence-corrected chi connectivity index (χ0v) is 17.8. The molecule has 0 aliphatic rings. The Kier molecular flexibility index (Phi) is 5.11. The Morgan fingerprint density at radius 1 is 1.14 bits per heavy atom. The summed E-state index contributed by atoms with van der Waals surface area (Å²) in [5.41, 5.74) is 4.63. The number of para-hydroxylation sites is 1. The summed E-state index contributed by atoms with van der Waals surface area (Å²) < 4.78 is 7.28. The maximum atomic E-state index is 13.1. The van der Waals surface area contributed by atoms with E-state index in [1.807, 2.05) is 50.2 Å². The van der Waals surface area contributed by atoms with Gasteiger partial charge in [0.05, 0.1) is 12.8 Å². The molecule has 1 N–H and O–H groups in total. The molecule has 4 rings (SSSR count). The van der Waals surface area contributed by atoms with Gasteiger partial charge < -0.3 is 9.30 Å². The minimum atomic E-state index is -0.129.